The van der Waals surface area contributed by atoms with Gasteiger partial charge in [0.25, 0.3) is 0 Å². The molecule has 1 saturated carbocycles. The number of fused-ring (bicyclic) bond motifs is 1. The molecule has 0 saturated heterocycles. The molecular formula is C20H14N. The lowest BCUT2D eigenvalue weighted by atomic mass is 9.93. The molecule has 1 aromatic heterocycles. The number of pyridine rings is 1. The molecular weight excluding hydrogens is 254 g/mol. The molecule has 21 heavy (non-hydrogen) atoms. The Morgan fingerprint density at radius 2 is 1.43 bits per heavy atom. The zero-order valence-electron chi connectivity index (χ0n) is 11.5. The minimum absolute atomic E-state index is 1.04. The van der Waals surface area contributed by atoms with E-state index in [9.17, 15) is 0 Å². The first-order valence-electron chi connectivity index (χ1n) is 7.09. The van der Waals surface area contributed by atoms with E-state index in [2.05, 4.69) is 74.2 Å². The second-order valence-corrected chi connectivity index (χ2v) is 5.12. The molecule has 1 nitrogen and oxygen atoms in total. The molecule has 2 aromatic carbocycles. The SMILES string of the molecule is [CH]1[CH][CH][C](c2nc3ccccc3cc2-c2ccccc2)[CH]1. The number of hydrogen-bond donors (Lipinski definition) is 0. The molecule has 0 aliphatic heterocycles. The van der Waals surface area contributed by atoms with Gasteiger partial charge in [0.2, 0.25) is 0 Å². The summed E-state index contributed by atoms with van der Waals surface area (Å²) < 4.78 is 0. The van der Waals surface area contributed by atoms with Crippen molar-refractivity contribution in [2.75, 3.05) is 0 Å². The molecule has 1 heteroatoms. The maximum absolute atomic E-state index is 4.89. The van der Waals surface area contributed by atoms with Crippen LogP contribution in [0.5, 0.6) is 0 Å². The van der Waals surface area contributed by atoms with Gasteiger partial charge >= 0.3 is 0 Å². The molecule has 1 aliphatic carbocycles. The van der Waals surface area contributed by atoms with Crippen LogP contribution in [0.15, 0.2) is 60.7 Å². The fraction of sp³-hybridized carbons (Fsp3) is 0. The zero-order valence-corrected chi connectivity index (χ0v) is 11.5. The lowest BCUT2D eigenvalue weighted by molar-refractivity contribution is 1.17. The molecule has 5 radical (unpaired) electrons. The second-order valence-electron chi connectivity index (χ2n) is 5.12. The Hall–Kier alpha value is -2.15. The first-order chi connectivity index (χ1) is 10.4. The predicted octanol–water partition coefficient (Wildman–Crippen LogP) is 4.66. The summed E-state index contributed by atoms with van der Waals surface area (Å²) >= 11 is 0. The molecule has 99 valence electrons. The smallest absolute Gasteiger partial charge is 0.0706 e. The van der Waals surface area contributed by atoms with Gasteiger partial charge in [0, 0.05) is 16.9 Å². The number of para-hydroxylation sites is 1. The third-order valence-electron chi connectivity index (χ3n) is 3.74. The Kier molecular flexibility index (Phi) is 3.19. The van der Waals surface area contributed by atoms with Crippen molar-refractivity contribution in [3.05, 3.63) is 98.0 Å². The van der Waals surface area contributed by atoms with Crippen molar-refractivity contribution in [2.24, 2.45) is 0 Å². The summed E-state index contributed by atoms with van der Waals surface area (Å²) in [7, 11) is 0. The monoisotopic (exact) mass is 268 g/mol. The van der Waals surface area contributed by atoms with Crippen molar-refractivity contribution in [1.82, 2.24) is 4.98 Å². The van der Waals surface area contributed by atoms with E-state index in [-0.39, 0.29) is 0 Å². The molecule has 0 N–H and O–H groups in total. The van der Waals surface area contributed by atoms with Crippen LogP contribution in [0.1, 0.15) is 5.69 Å². The van der Waals surface area contributed by atoms with E-state index in [0.717, 1.165) is 11.2 Å². The third kappa shape index (κ3) is 2.33. The van der Waals surface area contributed by atoms with E-state index >= 15 is 0 Å². The van der Waals surface area contributed by atoms with Crippen LogP contribution in [0.4, 0.5) is 0 Å². The molecule has 1 aliphatic rings. The summed E-state index contributed by atoms with van der Waals surface area (Å²) in [5.74, 6) is 1.17. The Bertz CT molecular complexity index is 755. The lowest BCUT2D eigenvalue weighted by Crippen LogP contribution is -2.02. The van der Waals surface area contributed by atoms with Crippen molar-refractivity contribution >= 4 is 10.9 Å². The van der Waals surface area contributed by atoms with Crippen LogP contribution in [0.2, 0.25) is 0 Å². The van der Waals surface area contributed by atoms with Gasteiger partial charge in [-0.1, -0.05) is 48.5 Å². The fourth-order valence-corrected chi connectivity index (χ4v) is 2.71. The van der Waals surface area contributed by atoms with Crippen molar-refractivity contribution < 1.29 is 0 Å². The Labute approximate surface area is 125 Å². The van der Waals surface area contributed by atoms with Gasteiger partial charge in [-0.25, -0.2) is 0 Å². The zero-order chi connectivity index (χ0) is 14.1. The van der Waals surface area contributed by atoms with Crippen LogP contribution in [-0.4, -0.2) is 4.98 Å². The van der Waals surface area contributed by atoms with Crippen LogP contribution < -0.4 is 0 Å². The fourth-order valence-electron chi connectivity index (χ4n) is 2.71. The quantitative estimate of drug-likeness (QED) is 0.659. The van der Waals surface area contributed by atoms with Gasteiger partial charge in [0.1, 0.15) is 0 Å². The number of nitrogens with zero attached hydrogens (tertiary/aromatic N) is 1. The maximum atomic E-state index is 4.89. The van der Waals surface area contributed by atoms with Crippen molar-refractivity contribution in [3.63, 3.8) is 0 Å². The summed E-state index contributed by atoms with van der Waals surface area (Å²) in [6.07, 6.45) is 8.34. The van der Waals surface area contributed by atoms with Gasteiger partial charge < -0.3 is 0 Å². The Morgan fingerprint density at radius 3 is 2.24 bits per heavy atom. The molecule has 0 atom stereocenters. The summed E-state index contributed by atoms with van der Waals surface area (Å²) in [5.41, 5.74) is 4.46. The van der Waals surface area contributed by atoms with E-state index in [0.29, 0.717) is 0 Å². The summed E-state index contributed by atoms with van der Waals surface area (Å²) in [5, 5.41) is 1.17. The van der Waals surface area contributed by atoms with E-state index in [1.807, 2.05) is 12.1 Å². The molecule has 0 spiro atoms. The number of benzene rings is 2. The summed E-state index contributed by atoms with van der Waals surface area (Å²) in [4.78, 5) is 4.89. The Morgan fingerprint density at radius 1 is 0.714 bits per heavy atom. The average Bonchev–Trinajstić information content (AvgIpc) is 3.09. The summed E-state index contributed by atoms with van der Waals surface area (Å²) in [6.45, 7) is 0. The molecule has 0 amide bonds. The Balaban J connectivity index is 1.95. The highest BCUT2D eigenvalue weighted by Crippen LogP contribution is 2.36. The minimum atomic E-state index is 1.04. The molecule has 3 aromatic rings. The normalized spacial score (nSPS) is 15.6. The first-order valence-corrected chi connectivity index (χ1v) is 7.09. The number of aromatic nitrogens is 1. The highest BCUT2D eigenvalue weighted by molar-refractivity contribution is 5.86. The van der Waals surface area contributed by atoms with Crippen molar-refractivity contribution in [3.8, 4) is 11.1 Å². The van der Waals surface area contributed by atoms with Gasteiger partial charge in [-0.2, -0.15) is 0 Å². The summed E-state index contributed by atoms with van der Waals surface area (Å²) in [6, 6.07) is 21.0. The first kappa shape index (κ1) is 12.6. The predicted molar refractivity (Wildman–Crippen MR) is 86.7 cm³/mol. The van der Waals surface area contributed by atoms with E-state index in [4.69, 9.17) is 4.98 Å². The minimum Gasteiger partial charge on any atom is -0.252 e. The van der Waals surface area contributed by atoms with Gasteiger partial charge in [0.05, 0.1) is 11.2 Å². The highest BCUT2D eigenvalue weighted by atomic mass is 14.7. The van der Waals surface area contributed by atoms with Crippen LogP contribution in [-0.2, 0) is 0 Å². The van der Waals surface area contributed by atoms with Crippen LogP contribution in [0, 0.1) is 31.6 Å². The molecule has 1 fully saturated rings. The lowest BCUT2D eigenvalue weighted by Gasteiger charge is -2.15. The molecule has 0 bridgehead atoms. The van der Waals surface area contributed by atoms with Gasteiger partial charge in [-0.05, 0) is 43.4 Å². The topological polar surface area (TPSA) is 12.9 Å². The third-order valence-corrected chi connectivity index (χ3v) is 3.74. The van der Waals surface area contributed by atoms with Gasteiger partial charge in [0.15, 0.2) is 0 Å². The average molecular weight is 268 g/mol. The van der Waals surface area contributed by atoms with Gasteiger partial charge in [-0.15, -0.1) is 0 Å². The van der Waals surface area contributed by atoms with Crippen molar-refractivity contribution in [1.29, 1.82) is 0 Å². The maximum Gasteiger partial charge on any atom is 0.0706 e. The standard InChI is InChI=1S/C20H14N/c1-2-8-15(9-3-1)18-14-17-12-6-7-13-19(17)21-20(18)16-10-4-5-11-16/h1-14H. The molecule has 4 rings (SSSR count). The highest BCUT2D eigenvalue weighted by Gasteiger charge is 2.24. The van der Waals surface area contributed by atoms with Crippen LogP contribution in [0.3, 0.4) is 0 Å². The van der Waals surface area contributed by atoms with Crippen molar-refractivity contribution in [2.45, 2.75) is 0 Å². The van der Waals surface area contributed by atoms with E-state index in [1.54, 1.807) is 0 Å². The number of hydrogen-bond acceptors (Lipinski definition) is 1. The van der Waals surface area contributed by atoms with Crippen LogP contribution >= 0.6 is 0 Å². The molecule has 0 unspecified atom stereocenters. The van der Waals surface area contributed by atoms with E-state index < -0.39 is 0 Å². The van der Waals surface area contributed by atoms with Gasteiger partial charge in [-0.3, -0.25) is 4.98 Å². The van der Waals surface area contributed by atoms with Crippen LogP contribution in [0.25, 0.3) is 22.0 Å². The largest absolute Gasteiger partial charge is 0.252 e. The second kappa shape index (κ2) is 5.33. The van der Waals surface area contributed by atoms with E-state index in [1.165, 1.54) is 22.4 Å². The molecule has 1 heterocycles. The number of rotatable bonds is 2.